The fourth-order valence-corrected chi connectivity index (χ4v) is 1.46. The number of aromatic nitrogens is 4. The first-order chi connectivity index (χ1) is 8.58. The van der Waals surface area contributed by atoms with Crippen molar-refractivity contribution in [2.75, 3.05) is 5.32 Å². The predicted octanol–water partition coefficient (Wildman–Crippen LogP) is 1.04. The van der Waals surface area contributed by atoms with Crippen LogP contribution < -0.4 is 5.32 Å². The fourth-order valence-electron chi connectivity index (χ4n) is 1.46. The zero-order chi connectivity index (χ0) is 13.1. The Morgan fingerprint density at radius 3 is 2.94 bits per heavy atom. The van der Waals surface area contributed by atoms with Crippen molar-refractivity contribution in [2.45, 2.75) is 13.5 Å². The summed E-state index contributed by atoms with van der Waals surface area (Å²) in [6.07, 6.45) is 3.14. The van der Waals surface area contributed by atoms with Gasteiger partial charge in [-0.05, 0) is 12.5 Å². The van der Waals surface area contributed by atoms with E-state index in [4.69, 9.17) is 0 Å². The Morgan fingerprint density at radius 2 is 2.33 bits per heavy atom. The molecule has 0 atom stereocenters. The van der Waals surface area contributed by atoms with E-state index in [0.29, 0.717) is 12.4 Å². The van der Waals surface area contributed by atoms with E-state index in [1.807, 2.05) is 0 Å². The first-order valence-corrected chi connectivity index (χ1v) is 5.25. The third-order valence-electron chi connectivity index (χ3n) is 2.42. The van der Waals surface area contributed by atoms with E-state index in [1.54, 1.807) is 31.1 Å². The van der Waals surface area contributed by atoms with Gasteiger partial charge in [-0.1, -0.05) is 0 Å². The van der Waals surface area contributed by atoms with Crippen LogP contribution in [0.15, 0.2) is 18.6 Å². The lowest BCUT2D eigenvalue weighted by atomic mass is 10.3. The Bertz CT molecular complexity index is 579. The first-order valence-electron chi connectivity index (χ1n) is 5.25. The minimum Gasteiger partial charge on any atom is -0.357 e. The van der Waals surface area contributed by atoms with E-state index in [9.17, 15) is 10.1 Å². The largest absolute Gasteiger partial charge is 0.357 e. The molecule has 0 amide bonds. The minimum absolute atomic E-state index is 0.0443. The second-order valence-corrected chi connectivity index (χ2v) is 3.85. The van der Waals surface area contributed by atoms with Gasteiger partial charge in [-0.15, -0.1) is 10.2 Å². The molecule has 0 fully saturated rings. The van der Waals surface area contributed by atoms with Crippen LogP contribution in [-0.4, -0.2) is 24.7 Å². The number of nitro groups is 1. The topological polar surface area (TPSA) is 98.8 Å². The molecule has 0 aliphatic heterocycles. The van der Waals surface area contributed by atoms with Crippen molar-refractivity contribution in [3.8, 4) is 0 Å². The van der Waals surface area contributed by atoms with E-state index >= 15 is 0 Å². The lowest BCUT2D eigenvalue weighted by molar-refractivity contribution is -0.384. The molecule has 0 unspecified atom stereocenters. The average molecular weight is 248 g/mol. The highest BCUT2D eigenvalue weighted by Crippen LogP contribution is 2.22. The second-order valence-electron chi connectivity index (χ2n) is 3.85. The van der Waals surface area contributed by atoms with Crippen LogP contribution in [0.5, 0.6) is 0 Å². The van der Waals surface area contributed by atoms with Crippen molar-refractivity contribution < 1.29 is 4.92 Å². The Morgan fingerprint density at radius 1 is 1.56 bits per heavy atom. The van der Waals surface area contributed by atoms with Crippen LogP contribution >= 0.6 is 0 Å². The summed E-state index contributed by atoms with van der Waals surface area (Å²) in [5.74, 6) is 0.903. The molecule has 0 aliphatic rings. The molecule has 8 heteroatoms. The summed E-state index contributed by atoms with van der Waals surface area (Å²) < 4.78 is 1.73. The molecule has 2 heterocycles. The second kappa shape index (κ2) is 4.78. The fraction of sp³-hybridized carbons (Fsp3) is 0.300. The maximum Gasteiger partial charge on any atom is 0.311 e. The number of hydrogen-bond donors (Lipinski definition) is 1. The lowest BCUT2D eigenvalue weighted by Crippen LogP contribution is -2.08. The van der Waals surface area contributed by atoms with Gasteiger partial charge in [0, 0.05) is 19.3 Å². The lowest BCUT2D eigenvalue weighted by Gasteiger charge is -2.05. The predicted molar refractivity (Wildman–Crippen MR) is 64.0 cm³/mol. The smallest absolute Gasteiger partial charge is 0.311 e. The first kappa shape index (κ1) is 12.0. The Balaban J connectivity index is 2.19. The highest BCUT2D eigenvalue weighted by molar-refractivity contribution is 5.56. The molecular formula is C10H12N6O2. The van der Waals surface area contributed by atoms with Crippen LogP contribution in [0.4, 0.5) is 11.5 Å². The minimum atomic E-state index is -0.459. The Hall–Kier alpha value is -2.51. The summed E-state index contributed by atoms with van der Waals surface area (Å²) in [6.45, 7) is 2.08. The van der Waals surface area contributed by atoms with E-state index < -0.39 is 4.92 Å². The van der Waals surface area contributed by atoms with Crippen molar-refractivity contribution in [1.29, 1.82) is 0 Å². The molecule has 0 aromatic carbocycles. The molecule has 0 saturated heterocycles. The standard InChI is InChI=1S/C10H12N6O2/c1-7-3-8(16(17)18)10(11-4-7)12-5-9-14-13-6-15(9)2/h3-4,6H,5H2,1-2H3,(H,11,12). The van der Waals surface area contributed by atoms with Crippen molar-refractivity contribution in [2.24, 2.45) is 7.05 Å². The van der Waals surface area contributed by atoms with Gasteiger partial charge in [-0.25, -0.2) is 4.98 Å². The van der Waals surface area contributed by atoms with E-state index in [1.165, 1.54) is 6.07 Å². The van der Waals surface area contributed by atoms with Crippen LogP contribution in [0.25, 0.3) is 0 Å². The maximum atomic E-state index is 10.9. The van der Waals surface area contributed by atoms with Gasteiger partial charge in [0.1, 0.15) is 6.33 Å². The third-order valence-corrected chi connectivity index (χ3v) is 2.42. The molecule has 1 N–H and O–H groups in total. The summed E-state index contributed by atoms with van der Waals surface area (Å²) in [4.78, 5) is 14.5. The Labute approximate surface area is 103 Å². The van der Waals surface area contributed by atoms with Crippen LogP contribution in [0.1, 0.15) is 11.4 Å². The molecule has 8 nitrogen and oxygen atoms in total. The summed E-state index contributed by atoms with van der Waals surface area (Å²) in [7, 11) is 1.80. The normalized spacial score (nSPS) is 10.3. The SMILES string of the molecule is Cc1cnc(NCc2nncn2C)c([N+](=O)[O-])c1. The zero-order valence-corrected chi connectivity index (χ0v) is 9.99. The molecular weight excluding hydrogens is 236 g/mol. The van der Waals surface area contributed by atoms with Gasteiger partial charge in [0.05, 0.1) is 11.5 Å². The van der Waals surface area contributed by atoms with Crippen molar-refractivity contribution >= 4 is 11.5 Å². The van der Waals surface area contributed by atoms with Crippen LogP contribution in [0, 0.1) is 17.0 Å². The molecule has 2 aromatic heterocycles. The quantitative estimate of drug-likeness (QED) is 0.641. The van der Waals surface area contributed by atoms with E-state index in [2.05, 4.69) is 20.5 Å². The number of anilines is 1. The van der Waals surface area contributed by atoms with Gasteiger partial charge in [-0.3, -0.25) is 10.1 Å². The zero-order valence-electron chi connectivity index (χ0n) is 9.99. The summed E-state index contributed by atoms with van der Waals surface area (Å²) >= 11 is 0. The van der Waals surface area contributed by atoms with Crippen LogP contribution in [0.3, 0.4) is 0 Å². The average Bonchev–Trinajstić information content (AvgIpc) is 2.73. The summed E-state index contributed by atoms with van der Waals surface area (Å²) in [5.41, 5.74) is 0.697. The van der Waals surface area contributed by atoms with Gasteiger partial charge in [-0.2, -0.15) is 0 Å². The Kier molecular flexibility index (Phi) is 3.18. The van der Waals surface area contributed by atoms with Crippen LogP contribution in [-0.2, 0) is 13.6 Å². The number of aryl methyl sites for hydroxylation is 2. The highest BCUT2D eigenvalue weighted by atomic mass is 16.6. The number of nitrogens with one attached hydrogen (secondary N) is 1. The number of nitrogens with zero attached hydrogens (tertiary/aromatic N) is 5. The van der Waals surface area contributed by atoms with Crippen LogP contribution in [0.2, 0.25) is 0 Å². The van der Waals surface area contributed by atoms with Crippen molar-refractivity contribution in [1.82, 2.24) is 19.7 Å². The van der Waals surface area contributed by atoms with E-state index in [-0.39, 0.29) is 11.5 Å². The molecule has 0 radical (unpaired) electrons. The van der Waals surface area contributed by atoms with Gasteiger partial charge in [0.2, 0.25) is 5.82 Å². The third kappa shape index (κ3) is 2.42. The molecule has 0 bridgehead atoms. The summed E-state index contributed by atoms with van der Waals surface area (Å²) in [5, 5.41) is 21.4. The van der Waals surface area contributed by atoms with E-state index in [0.717, 1.165) is 5.56 Å². The molecule has 0 saturated carbocycles. The maximum absolute atomic E-state index is 10.9. The van der Waals surface area contributed by atoms with Gasteiger partial charge >= 0.3 is 5.69 Å². The van der Waals surface area contributed by atoms with Gasteiger partial charge in [0.25, 0.3) is 0 Å². The van der Waals surface area contributed by atoms with Crippen molar-refractivity contribution in [3.05, 3.63) is 40.1 Å². The number of hydrogen-bond acceptors (Lipinski definition) is 6. The molecule has 2 aromatic rings. The molecule has 2 rings (SSSR count). The molecule has 18 heavy (non-hydrogen) atoms. The number of pyridine rings is 1. The summed E-state index contributed by atoms with van der Waals surface area (Å²) in [6, 6.07) is 1.48. The molecule has 94 valence electrons. The van der Waals surface area contributed by atoms with Gasteiger partial charge in [0.15, 0.2) is 5.82 Å². The highest BCUT2D eigenvalue weighted by Gasteiger charge is 2.15. The number of rotatable bonds is 4. The molecule has 0 aliphatic carbocycles. The van der Waals surface area contributed by atoms with Crippen molar-refractivity contribution in [3.63, 3.8) is 0 Å². The molecule has 0 spiro atoms. The van der Waals surface area contributed by atoms with Gasteiger partial charge < -0.3 is 9.88 Å². The monoisotopic (exact) mass is 248 g/mol.